The Labute approximate surface area is 218 Å². The number of hydrogen-bond donors (Lipinski definition) is 0. The van der Waals surface area contributed by atoms with Crippen LogP contribution in [0, 0.1) is 0 Å². The normalized spacial score (nSPS) is 20.3. The Kier molecular flexibility index (Phi) is 7.37. The molecule has 1 saturated heterocycles. The van der Waals surface area contributed by atoms with Crippen molar-refractivity contribution in [1.29, 1.82) is 0 Å². The Bertz CT molecular complexity index is 1250. The SMILES string of the molecule is c1ccc(C2Oc3ccccc3OC2COCCCCN2CCC(c3nc4ccccc4o3)CC2)cc1. The second kappa shape index (κ2) is 11.4. The summed E-state index contributed by atoms with van der Waals surface area (Å²) in [6, 6.07) is 26.1. The Hall–Kier alpha value is -3.35. The van der Waals surface area contributed by atoms with Crippen LogP contribution in [0.1, 0.15) is 49.2 Å². The fraction of sp³-hybridized carbons (Fsp3) is 0.387. The molecule has 0 amide bonds. The highest BCUT2D eigenvalue weighted by Crippen LogP contribution is 2.39. The molecule has 2 aliphatic heterocycles. The third-order valence-corrected chi connectivity index (χ3v) is 7.39. The lowest BCUT2D eigenvalue weighted by molar-refractivity contribution is -0.0362. The summed E-state index contributed by atoms with van der Waals surface area (Å²) in [4.78, 5) is 7.27. The molecule has 192 valence electrons. The molecule has 3 heterocycles. The highest BCUT2D eigenvalue weighted by atomic mass is 16.6. The maximum Gasteiger partial charge on any atom is 0.198 e. The van der Waals surface area contributed by atoms with Gasteiger partial charge in [0.15, 0.2) is 35.2 Å². The molecule has 6 rings (SSSR count). The van der Waals surface area contributed by atoms with E-state index >= 15 is 0 Å². The number of benzene rings is 3. The predicted molar refractivity (Wildman–Crippen MR) is 143 cm³/mol. The van der Waals surface area contributed by atoms with E-state index in [0.29, 0.717) is 12.5 Å². The maximum absolute atomic E-state index is 6.32. The molecule has 0 N–H and O–H groups in total. The minimum atomic E-state index is -0.182. The summed E-state index contributed by atoms with van der Waals surface area (Å²) in [5, 5.41) is 0. The zero-order chi connectivity index (χ0) is 24.9. The van der Waals surface area contributed by atoms with Gasteiger partial charge in [-0.25, -0.2) is 4.98 Å². The minimum absolute atomic E-state index is 0.178. The van der Waals surface area contributed by atoms with E-state index in [9.17, 15) is 0 Å². The smallest absolute Gasteiger partial charge is 0.198 e. The molecular formula is C31H34N2O4. The molecule has 0 saturated carbocycles. The number of ether oxygens (including phenoxy) is 3. The van der Waals surface area contributed by atoms with Gasteiger partial charge in [0, 0.05) is 12.5 Å². The Morgan fingerprint density at radius 1 is 0.811 bits per heavy atom. The summed E-state index contributed by atoms with van der Waals surface area (Å²) in [6.45, 7) is 4.52. The molecule has 6 heteroatoms. The molecule has 4 aromatic rings. The van der Waals surface area contributed by atoms with Crippen molar-refractivity contribution in [2.24, 2.45) is 0 Å². The van der Waals surface area contributed by atoms with E-state index in [1.165, 1.54) is 0 Å². The van der Waals surface area contributed by atoms with Crippen molar-refractivity contribution in [2.45, 2.75) is 43.8 Å². The highest BCUT2D eigenvalue weighted by Gasteiger charge is 2.33. The zero-order valence-electron chi connectivity index (χ0n) is 21.1. The van der Waals surface area contributed by atoms with Crippen LogP contribution in [0.15, 0.2) is 83.3 Å². The van der Waals surface area contributed by atoms with E-state index in [-0.39, 0.29) is 12.2 Å². The fourth-order valence-electron chi connectivity index (χ4n) is 5.34. The average Bonchev–Trinajstić information content (AvgIpc) is 3.40. The van der Waals surface area contributed by atoms with Crippen LogP contribution in [-0.2, 0) is 4.74 Å². The second-order valence-electron chi connectivity index (χ2n) is 9.97. The third-order valence-electron chi connectivity index (χ3n) is 7.39. The topological polar surface area (TPSA) is 57.0 Å². The number of fused-ring (bicyclic) bond motifs is 2. The predicted octanol–water partition coefficient (Wildman–Crippen LogP) is 6.39. The molecule has 2 atom stereocenters. The van der Waals surface area contributed by atoms with Crippen LogP contribution in [0.25, 0.3) is 11.1 Å². The van der Waals surface area contributed by atoms with Crippen LogP contribution >= 0.6 is 0 Å². The van der Waals surface area contributed by atoms with Crippen LogP contribution in [0.3, 0.4) is 0 Å². The summed E-state index contributed by atoms with van der Waals surface area (Å²) in [6.07, 6.45) is 4.00. The quantitative estimate of drug-likeness (QED) is 0.249. The number of nitrogens with zero attached hydrogens (tertiary/aromatic N) is 2. The van der Waals surface area contributed by atoms with Crippen molar-refractivity contribution < 1.29 is 18.6 Å². The van der Waals surface area contributed by atoms with Gasteiger partial charge in [0.05, 0.1) is 6.61 Å². The molecular weight excluding hydrogens is 464 g/mol. The van der Waals surface area contributed by atoms with E-state index in [4.69, 9.17) is 23.6 Å². The first kappa shape index (κ1) is 24.0. The summed E-state index contributed by atoms with van der Waals surface area (Å²) in [5.74, 6) is 2.89. The summed E-state index contributed by atoms with van der Waals surface area (Å²) in [5.41, 5.74) is 2.96. The molecule has 3 aromatic carbocycles. The monoisotopic (exact) mass is 498 g/mol. The van der Waals surface area contributed by atoms with Gasteiger partial charge < -0.3 is 23.5 Å². The summed E-state index contributed by atoms with van der Waals surface area (Å²) >= 11 is 0. The summed E-state index contributed by atoms with van der Waals surface area (Å²) in [7, 11) is 0. The van der Waals surface area contributed by atoms with E-state index in [0.717, 1.165) is 86.0 Å². The molecule has 0 aliphatic carbocycles. The first-order valence-electron chi connectivity index (χ1n) is 13.5. The molecule has 0 radical (unpaired) electrons. The van der Waals surface area contributed by atoms with E-state index < -0.39 is 0 Å². The number of oxazole rings is 1. The molecule has 37 heavy (non-hydrogen) atoms. The zero-order valence-corrected chi connectivity index (χ0v) is 21.1. The first-order chi connectivity index (χ1) is 18.3. The number of likely N-dealkylation sites (tertiary alicyclic amines) is 1. The van der Waals surface area contributed by atoms with Gasteiger partial charge in [0.25, 0.3) is 0 Å². The number of piperidine rings is 1. The van der Waals surface area contributed by atoms with Crippen molar-refractivity contribution in [2.75, 3.05) is 32.8 Å². The van der Waals surface area contributed by atoms with Gasteiger partial charge in [-0.2, -0.15) is 0 Å². The van der Waals surface area contributed by atoms with E-state index in [1.54, 1.807) is 0 Å². The van der Waals surface area contributed by atoms with Crippen molar-refractivity contribution in [3.05, 3.63) is 90.3 Å². The standard InChI is InChI=1S/C31H34N2O4/c1-2-10-23(11-3-1)30-29(35-27-14-6-7-15-28(27)36-30)22-34-21-9-8-18-33-19-16-24(17-20-33)31-32-25-12-4-5-13-26(25)37-31/h1-7,10-15,24,29-30H,8-9,16-22H2. The molecule has 1 fully saturated rings. The molecule has 2 unspecified atom stereocenters. The van der Waals surface area contributed by atoms with E-state index in [1.807, 2.05) is 66.7 Å². The number of para-hydroxylation sites is 4. The van der Waals surface area contributed by atoms with Crippen molar-refractivity contribution in [1.82, 2.24) is 9.88 Å². The van der Waals surface area contributed by atoms with Gasteiger partial charge in [-0.15, -0.1) is 0 Å². The van der Waals surface area contributed by atoms with Crippen LogP contribution < -0.4 is 9.47 Å². The van der Waals surface area contributed by atoms with Gasteiger partial charge in [-0.05, 0) is 75.1 Å². The lowest BCUT2D eigenvalue weighted by atomic mass is 9.96. The molecule has 0 spiro atoms. The average molecular weight is 499 g/mol. The number of unbranched alkanes of at least 4 members (excludes halogenated alkanes) is 1. The maximum atomic E-state index is 6.32. The van der Waals surface area contributed by atoms with Crippen LogP contribution in [0.2, 0.25) is 0 Å². The second-order valence-corrected chi connectivity index (χ2v) is 9.97. The van der Waals surface area contributed by atoms with Gasteiger partial charge in [-0.3, -0.25) is 0 Å². The van der Waals surface area contributed by atoms with Gasteiger partial charge in [-0.1, -0.05) is 54.6 Å². The van der Waals surface area contributed by atoms with Crippen LogP contribution in [0.4, 0.5) is 0 Å². The third kappa shape index (κ3) is 5.65. The molecule has 6 nitrogen and oxygen atoms in total. The summed E-state index contributed by atoms with van der Waals surface area (Å²) < 4.78 is 24.7. The molecule has 1 aromatic heterocycles. The fourth-order valence-corrected chi connectivity index (χ4v) is 5.34. The van der Waals surface area contributed by atoms with Crippen molar-refractivity contribution in [3.63, 3.8) is 0 Å². The Balaban J connectivity index is 0.930. The first-order valence-corrected chi connectivity index (χ1v) is 13.5. The number of aromatic nitrogens is 1. The largest absolute Gasteiger partial charge is 0.480 e. The van der Waals surface area contributed by atoms with Crippen molar-refractivity contribution >= 4 is 11.1 Å². The van der Waals surface area contributed by atoms with Crippen molar-refractivity contribution in [3.8, 4) is 11.5 Å². The van der Waals surface area contributed by atoms with E-state index in [2.05, 4.69) is 17.0 Å². The Morgan fingerprint density at radius 2 is 1.54 bits per heavy atom. The Morgan fingerprint density at radius 3 is 2.35 bits per heavy atom. The van der Waals surface area contributed by atoms with Crippen LogP contribution in [0.5, 0.6) is 11.5 Å². The van der Waals surface area contributed by atoms with Gasteiger partial charge >= 0.3 is 0 Å². The molecule has 2 aliphatic rings. The van der Waals surface area contributed by atoms with Gasteiger partial charge in [0.1, 0.15) is 5.52 Å². The van der Waals surface area contributed by atoms with Crippen LogP contribution in [-0.4, -0.2) is 48.8 Å². The number of rotatable bonds is 9. The molecule has 0 bridgehead atoms. The highest BCUT2D eigenvalue weighted by molar-refractivity contribution is 5.72. The number of hydrogen-bond acceptors (Lipinski definition) is 6. The lowest BCUT2D eigenvalue weighted by Crippen LogP contribution is -2.37. The minimum Gasteiger partial charge on any atom is -0.480 e. The lowest BCUT2D eigenvalue weighted by Gasteiger charge is -2.34. The van der Waals surface area contributed by atoms with Gasteiger partial charge in [0.2, 0.25) is 0 Å².